The number of fused-ring (bicyclic) bond motifs is 1. The second-order valence-corrected chi connectivity index (χ2v) is 6.40. The fourth-order valence-corrected chi connectivity index (χ4v) is 3.05. The molecule has 2 aromatic rings. The summed E-state index contributed by atoms with van der Waals surface area (Å²) in [7, 11) is 0. The predicted octanol–water partition coefficient (Wildman–Crippen LogP) is 4.52. The van der Waals surface area contributed by atoms with E-state index >= 15 is 0 Å². The summed E-state index contributed by atoms with van der Waals surface area (Å²) in [6, 6.07) is 7.69. The van der Waals surface area contributed by atoms with Gasteiger partial charge in [-0.2, -0.15) is 5.10 Å². The van der Waals surface area contributed by atoms with Gasteiger partial charge in [0.15, 0.2) is 0 Å². The van der Waals surface area contributed by atoms with Crippen molar-refractivity contribution in [2.75, 3.05) is 5.32 Å². The fraction of sp³-hybridized carbons (Fsp3) is 0.500. The van der Waals surface area contributed by atoms with Crippen LogP contribution >= 0.6 is 0 Å². The molecule has 1 unspecified atom stereocenters. The smallest absolute Gasteiger partial charge is 0.0731 e. The number of benzene rings is 1. The minimum absolute atomic E-state index is 0.307. The number of nitrogens with zero attached hydrogens (tertiary/aromatic N) is 2. The summed E-state index contributed by atoms with van der Waals surface area (Å²) in [5, 5.41) is 7.94. The molecule has 0 amide bonds. The molecule has 1 N–H and O–H groups in total. The molecule has 0 fully saturated rings. The molecule has 3 nitrogen and oxygen atoms in total. The molecule has 0 aliphatic heterocycles. The molecule has 1 atom stereocenters. The van der Waals surface area contributed by atoms with Crippen molar-refractivity contribution in [2.24, 2.45) is 0 Å². The molecular formula is C18H25N3. The Kier molecular flexibility index (Phi) is 4.00. The number of aryl methyl sites for hydroxylation is 2. The summed E-state index contributed by atoms with van der Waals surface area (Å²) >= 11 is 0. The van der Waals surface area contributed by atoms with Gasteiger partial charge in [0.1, 0.15) is 0 Å². The zero-order valence-electron chi connectivity index (χ0n) is 13.3. The highest BCUT2D eigenvalue weighted by Gasteiger charge is 2.13. The molecule has 0 saturated carbocycles. The standard InChI is InChI=1S/C18H25N3/c1-13(2)21-12-18(11-19-21)20-14(3)16-9-8-15-6-4-5-7-17(15)10-16/h8-14,20H,4-7H2,1-3H3. The van der Waals surface area contributed by atoms with Gasteiger partial charge < -0.3 is 5.32 Å². The largest absolute Gasteiger partial charge is 0.376 e. The maximum absolute atomic E-state index is 4.39. The van der Waals surface area contributed by atoms with Crippen LogP contribution in [0.4, 0.5) is 5.69 Å². The first-order chi connectivity index (χ1) is 10.1. The average molecular weight is 283 g/mol. The first-order valence-corrected chi connectivity index (χ1v) is 8.06. The zero-order valence-corrected chi connectivity index (χ0v) is 13.3. The van der Waals surface area contributed by atoms with E-state index in [1.807, 2.05) is 10.9 Å². The molecule has 1 aromatic carbocycles. The lowest BCUT2D eigenvalue weighted by Gasteiger charge is -2.20. The molecule has 1 aliphatic carbocycles. The molecule has 0 saturated heterocycles. The summed E-state index contributed by atoms with van der Waals surface area (Å²) in [6.45, 7) is 6.50. The molecule has 112 valence electrons. The zero-order chi connectivity index (χ0) is 14.8. The van der Waals surface area contributed by atoms with Crippen LogP contribution in [0, 0.1) is 0 Å². The van der Waals surface area contributed by atoms with Gasteiger partial charge in [-0.05, 0) is 63.1 Å². The second kappa shape index (κ2) is 5.92. The lowest BCUT2D eigenvalue weighted by atomic mass is 9.89. The van der Waals surface area contributed by atoms with Gasteiger partial charge in [0.25, 0.3) is 0 Å². The Balaban J connectivity index is 1.73. The number of aromatic nitrogens is 2. The predicted molar refractivity (Wildman–Crippen MR) is 87.7 cm³/mol. The van der Waals surface area contributed by atoms with Crippen LogP contribution in [0.5, 0.6) is 0 Å². The average Bonchev–Trinajstić information content (AvgIpc) is 2.95. The minimum Gasteiger partial charge on any atom is -0.376 e. The first kappa shape index (κ1) is 14.2. The number of rotatable bonds is 4. The van der Waals surface area contributed by atoms with E-state index in [0.29, 0.717) is 12.1 Å². The molecular weight excluding hydrogens is 258 g/mol. The Morgan fingerprint density at radius 2 is 1.86 bits per heavy atom. The van der Waals surface area contributed by atoms with Crippen LogP contribution in [0.2, 0.25) is 0 Å². The molecule has 0 bridgehead atoms. The number of hydrogen-bond acceptors (Lipinski definition) is 2. The number of anilines is 1. The third kappa shape index (κ3) is 3.12. The van der Waals surface area contributed by atoms with Gasteiger partial charge in [-0.1, -0.05) is 18.2 Å². The summed E-state index contributed by atoms with van der Waals surface area (Å²) in [4.78, 5) is 0. The van der Waals surface area contributed by atoms with Gasteiger partial charge >= 0.3 is 0 Å². The molecule has 0 spiro atoms. The Hall–Kier alpha value is -1.77. The minimum atomic E-state index is 0.307. The van der Waals surface area contributed by atoms with Crippen molar-refractivity contribution in [1.82, 2.24) is 9.78 Å². The van der Waals surface area contributed by atoms with E-state index in [-0.39, 0.29) is 0 Å². The van der Waals surface area contributed by atoms with Crippen molar-refractivity contribution in [3.8, 4) is 0 Å². The lowest BCUT2D eigenvalue weighted by molar-refractivity contribution is 0.532. The van der Waals surface area contributed by atoms with Crippen LogP contribution in [-0.4, -0.2) is 9.78 Å². The van der Waals surface area contributed by atoms with Crippen molar-refractivity contribution in [2.45, 2.75) is 58.5 Å². The van der Waals surface area contributed by atoms with E-state index in [0.717, 1.165) is 5.69 Å². The van der Waals surface area contributed by atoms with Crippen molar-refractivity contribution in [3.63, 3.8) is 0 Å². The lowest BCUT2D eigenvalue weighted by Crippen LogP contribution is -2.09. The Labute approximate surface area is 127 Å². The monoisotopic (exact) mass is 283 g/mol. The van der Waals surface area contributed by atoms with Crippen molar-refractivity contribution in [3.05, 3.63) is 47.3 Å². The summed E-state index contributed by atoms with van der Waals surface area (Å²) in [5.41, 5.74) is 5.55. The van der Waals surface area contributed by atoms with Gasteiger partial charge in [0.2, 0.25) is 0 Å². The van der Waals surface area contributed by atoms with Crippen LogP contribution in [0.15, 0.2) is 30.6 Å². The fourth-order valence-electron chi connectivity index (χ4n) is 3.05. The molecule has 1 aromatic heterocycles. The van der Waals surface area contributed by atoms with Crippen LogP contribution in [0.3, 0.4) is 0 Å². The highest BCUT2D eigenvalue weighted by Crippen LogP contribution is 2.26. The highest BCUT2D eigenvalue weighted by atomic mass is 15.3. The normalized spacial score (nSPS) is 15.8. The van der Waals surface area contributed by atoms with Crippen molar-refractivity contribution in [1.29, 1.82) is 0 Å². The number of nitrogens with one attached hydrogen (secondary N) is 1. The van der Waals surface area contributed by atoms with E-state index in [1.54, 1.807) is 11.1 Å². The van der Waals surface area contributed by atoms with E-state index < -0.39 is 0 Å². The van der Waals surface area contributed by atoms with Gasteiger partial charge in [0, 0.05) is 18.3 Å². The van der Waals surface area contributed by atoms with E-state index in [9.17, 15) is 0 Å². The Bertz CT molecular complexity index is 613. The van der Waals surface area contributed by atoms with Crippen LogP contribution in [0.25, 0.3) is 0 Å². The molecule has 3 heteroatoms. The number of hydrogen-bond donors (Lipinski definition) is 1. The Morgan fingerprint density at radius 3 is 2.57 bits per heavy atom. The van der Waals surface area contributed by atoms with Crippen LogP contribution < -0.4 is 5.32 Å². The third-order valence-electron chi connectivity index (χ3n) is 4.39. The third-order valence-corrected chi connectivity index (χ3v) is 4.39. The maximum atomic E-state index is 4.39. The van der Waals surface area contributed by atoms with Gasteiger partial charge in [-0.25, -0.2) is 0 Å². The van der Waals surface area contributed by atoms with Gasteiger partial charge in [0.05, 0.1) is 11.9 Å². The quantitative estimate of drug-likeness (QED) is 0.894. The van der Waals surface area contributed by atoms with Crippen molar-refractivity contribution >= 4 is 5.69 Å². The maximum Gasteiger partial charge on any atom is 0.0731 e. The SMILES string of the molecule is CC(Nc1cnn(C(C)C)c1)c1ccc2c(c1)CCCC2. The Morgan fingerprint density at radius 1 is 1.10 bits per heavy atom. The topological polar surface area (TPSA) is 29.9 Å². The molecule has 1 heterocycles. The van der Waals surface area contributed by atoms with Crippen LogP contribution in [0.1, 0.15) is 62.4 Å². The highest BCUT2D eigenvalue weighted by molar-refractivity contribution is 5.43. The second-order valence-electron chi connectivity index (χ2n) is 6.40. The first-order valence-electron chi connectivity index (χ1n) is 8.06. The van der Waals surface area contributed by atoms with Gasteiger partial charge in [-0.15, -0.1) is 0 Å². The van der Waals surface area contributed by atoms with E-state index in [4.69, 9.17) is 0 Å². The van der Waals surface area contributed by atoms with E-state index in [2.05, 4.69) is 55.6 Å². The summed E-state index contributed by atoms with van der Waals surface area (Å²) < 4.78 is 1.99. The van der Waals surface area contributed by atoms with Crippen LogP contribution in [-0.2, 0) is 12.8 Å². The van der Waals surface area contributed by atoms with E-state index in [1.165, 1.54) is 31.2 Å². The molecule has 21 heavy (non-hydrogen) atoms. The molecule has 3 rings (SSSR count). The summed E-state index contributed by atoms with van der Waals surface area (Å²) in [5.74, 6) is 0. The summed E-state index contributed by atoms with van der Waals surface area (Å²) in [6.07, 6.45) is 9.15. The molecule has 1 aliphatic rings. The van der Waals surface area contributed by atoms with Gasteiger partial charge in [-0.3, -0.25) is 4.68 Å². The van der Waals surface area contributed by atoms with Crippen molar-refractivity contribution < 1.29 is 0 Å². The molecule has 0 radical (unpaired) electrons.